The number of carboxylic acid groups (broad SMARTS) is 1. The Balaban J connectivity index is 1.57. The van der Waals surface area contributed by atoms with Gasteiger partial charge in [-0.1, -0.05) is 36.5 Å². The molecule has 0 atom stereocenters. The summed E-state index contributed by atoms with van der Waals surface area (Å²) in [5.74, 6) is -0.869. The van der Waals surface area contributed by atoms with Crippen molar-refractivity contribution in [3.05, 3.63) is 64.6 Å². The van der Waals surface area contributed by atoms with Crippen LogP contribution in [-0.2, 0) is 4.79 Å². The van der Waals surface area contributed by atoms with E-state index in [1.165, 1.54) is 29.2 Å². The molecule has 2 amide bonds. The van der Waals surface area contributed by atoms with E-state index in [1.807, 2.05) is 30.3 Å². The number of nitrogens with zero attached hydrogens (tertiary/aromatic N) is 1. The molecule has 3 rings (SSSR count). The minimum Gasteiger partial charge on any atom is -0.545 e. The number of carbonyl (C=O) groups excluding carboxylic acids is 3. The summed E-state index contributed by atoms with van der Waals surface area (Å²) in [6.45, 7) is 0.146. The molecule has 0 bridgehead atoms. The summed E-state index contributed by atoms with van der Waals surface area (Å²) in [5.41, 5.74) is 1.36. The molecule has 1 saturated heterocycles. The summed E-state index contributed by atoms with van der Waals surface area (Å²) in [6, 6.07) is 13.0. The first-order valence-corrected chi connectivity index (χ1v) is 10.1. The number of anilines is 1. The number of hydrogen-bond donors (Lipinski definition) is 1. The fraction of sp³-hybridized carbons (Fsp3) is 0.143. The van der Waals surface area contributed by atoms with Crippen molar-refractivity contribution in [3.63, 3.8) is 0 Å². The van der Waals surface area contributed by atoms with Crippen molar-refractivity contribution in [3.8, 4) is 5.75 Å². The van der Waals surface area contributed by atoms with Crippen LogP contribution in [0.25, 0.3) is 6.08 Å². The first kappa shape index (κ1) is 21.5. The number of methoxy groups -OCH3 is 1. The lowest BCUT2D eigenvalue weighted by Crippen LogP contribution is -2.30. The lowest BCUT2D eigenvalue weighted by Gasteiger charge is -2.14. The molecule has 0 unspecified atom stereocenters. The zero-order chi connectivity index (χ0) is 21.7. The van der Waals surface area contributed by atoms with Crippen LogP contribution in [0.15, 0.2) is 53.4 Å². The Bertz CT molecular complexity index is 1020. The van der Waals surface area contributed by atoms with Gasteiger partial charge in [0.15, 0.2) is 0 Å². The molecule has 9 heteroatoms. The first-order valence-electron chi connectivity index (χ1n) is 8.88. The van der Waals surface area contributed by atoms with E-state index in [-0.39, 0.29) is 29.7 Å². The summed E-state index contributed by atoms with van der Waals surface area (Å²) in [7, 11) is 1.59. The summed E-state index contributed by atoms with van der Waals surface area (Å²) in [5, 5.41) is 13.2. The van der Waals surface area contributed by atoms with Crippen LogP contribution in [-0.4, -0.2) is 40.7 Å². The molecule has 0 aromatic heterocycles. The van der Waals surface area contributed by atoms with Crippen LogP contribution >= 0.6 is 24.0 Å². The predicted octanol–water partition coefficient (Wildman–Crippen LogP) is 2.92. The molecule has 30 heavy (non-hydrogen) atoms. The first-order chi connectivity index (χ1) is 14.4. The number of nitrogens with one attached hydrogen (secondary N) is 1. The maximum absolute atomic E-state index is 12.3. The molecule has 1 aliphatic heterocycles. The van der Waals surface area contributed by atoms with E-state index in [4.69, 9.17) is 17.0 Å². The van der Waals surface area contributed by atoms with Crippen LogP contribution in [0.5, 0.6) is 5.75 Å². The molecule has 2 aromatic carbocycles. The molecule has 0 spiro atoms. The highest BCUT2D eigenvalue weighted by Gasteiger charge is 2.31. The maximum atomic E-state index is 12.3. The number of ether oxygens (including phenoxy) is 1. The molecule has 1 N–H and O–H groups in total. The molecule has 154 valence electrons. The quantitative estimate of drug-likeness (QED) is 0.521. The minimum atomic E-state index is -1.29. The molecule has 0 saturated carbocycles. The number of thioether (sulfide) groups is 1. The van der Waals surface area contributed by atoms with E-state index < -0.39 is 5.97 Å². The number of rotatable bonds is 7. The van der Waals surface area contributed by atoms with Gasteiger partial charge in [-0.15, -0.1) is 0 Å². The lowest BCUT2D eigenvalue weighted by atomic mass is 10.2. The maximum Gasteiger partial charge on any atom is 0.291 e. The van der Waals surface area contributed by atoms with E-state index in [0.29, 0.717) is 15.6 Å². The van der Waals surface area contributed by atoms with Crippen LogP contribution in [0.3, 0.4) is 0 Å². The molecule has 1 aliphatic rings. The third-order valence-electron chi connectivity index (χ3n) is 4.25. The number of carbonyl (C=O) groups is 3. The second-order valence-electron chi connectivity index (χ2n) is 6.27. The van der Waals surface area contributed by atoms with Gasteiger partial charge in [0.05, 0.1) is 18.0 Å². The van der Waals surface area contributed by atoms with Gasteiger partial charge in [0.2, 0.25) is 5.91 Å². The third-order valence-corrected chi connectivity index (χ3v) is 5.75. The van der Waals surface area contributed by atoms with E-state index in [9.17, 15) is 19.5 Å². The minimum absolute atomic E-state index is 0.0224. The number of benzene rings is 2. The van der Waals surface area contributed by atoms with Crippen molar-refractivity contribution >= 4 is 57.8 Å². The molecular formula is C21H17N2O5S2-. The molecule has 1 heterocycles. The number of amides is 2. The molecule has 0 radical (unpaired) electrons. The molecular weight excluding hydrogens is 424 g/mol. The van der Waals surface area contributed by atoms with Crippen molar-refractivity contribution in [1.29, 1.82) is 0 Å². The molecule has 0 aliphatic carbocycles. The van der Waals surface area contributed by atoms with Gasteiger partial charge in [-0.25, -0.2) is 0 Å². The smallest absolute Gasteiger partial charge is 0.291 e. The molecule has 7 nitrogen and oxygen atoms in total. The van der Waals surface area contributed by atoms with Gasteiger partial charge in [-0.2, -0.15) is 0 Å². The zero-order valence-corrected chi connectivity index (χ0v) is 17.5. The summed E-state index contributed by atoms with van der Waals surface area (Å²) < 4.78 is 5.13. The Morgan fingerprint density at radius 2 is 1.83 bits per heavy atom. The Morgan fingerprint density at radius 1 is 1.17 bits per heavy atom. The van der Waals surface area contributed by atoms with Gasteiger partial charge in [-0.3, -0.25) is 14.5 Å². The second kappa shape index (κ2) is 9.55. The highest BCUT2D eigenvalue weighted by molar-refractivity contribution is 8.19. The van der Waals surface area contributed by atoms with Gasteiger partial charge in [0, 0.05) is 18.7 Å². The summed E-state index contributed by atoms with van der Waals surface area (Å²) in [4.78, 5) is 37.7. The van der Waals surface area contributed by atoms with Crippen molar-refractivity contribution < 1.29 is 24.2 Å². The summed E-state index contributed by atoms with van der Waals surface area (Å²) in [6.07, 6.45) is 1.87. The fourth-order valence-corrected chi connectivity index (χ4v) is 3.96. The predicted molar refractivity (Wildman–Crippen MR) is 117 cm³/mol. The monoisotopic (exact) mass is 441 g/mol. The largest absolute Gasteiger partial charge is 0.545 e. The van der Waals surface area contributed by atoms with Crippen LogP contribution in [0.1, 0.15) is 22.3 Å². The lowest BCUT2D eigenvalue weighted by molar-refractivity contribution is -0.255. The third kappa shape index (κ3) is 5.25. The number of aromatic carboxylic acids is 1. The normalized spacial score (nSPS) is 14.8. The average Bonchev–Trinajstić information content (AvgIpc) is 3.00. The van der Waals surface area contributed by atoms with Gasteiger partial charge in [-0.05, 0) is 53.2 Å². The number of thiocarbonyl (C=S) groups is 1. The second-order valence-corrected chi connectivity index (χ2v) is 7.65. The fourth-order valence-electron chi connectivity index (χ4n) is 2.67. The highest BCUT2D eigenvalue weighted by Crippen LogP contribution is 2.33. The standard InChI is InChI=1S/C21H18N2O5S2/c1-28-16-8-2-13(3-9-16)12-17-19(29)23(21(27)30-17)11-10-18(24)22-15-6-4-14(5-7-15)20(25)26/h2-9,12H,10-11H2,1H3,(H,22,24)(H,25,26)/p-1. The molecule has 2 aromatic rings. The Kier molecular flexibility index (Phi) is 6.86. The van der Waals surface area contributed by atoms with E-state index >= 15 is 0 Å². The highest BCUT2D eigenvalue weighted by atomic mass is 32.2. The van der Waals surface area contributed by atoms with Crippen molar-refractivity contribution in [1.82, 2.24) is 4.90 Å². The molecule has 1 fully saturated rings. The van der Waals surface area contributed by atoms with Gasteiger partial charge in [0.25, 0.3) is 5.24 Å². The Morgan fingerprint density at radius 3 is 2.43 bits per heavy atom. The SMILES string of the molecule is COc1ccc(C=C2SC(=O)N(CCC(=O)Nc3ccc(C(=O)[O-])cc3)C2=S)cc1. The van der Waals surface area contributed by atoms with Crippen molar-refractivity contribution in [2.75, 3.05) is 19.0 Å². The number of carboxylic acids is 1. The van der Waals surface area contributed by atoms with E-state index in [1.54, 1.807) is 7.11 Å². The van der Waals surface area contributed by atoms with Crippen molar-refractivity contribution in [2.24, 2.45) is 0 Å². The van der Waals surface area contributed by atoms with Gasteiger partial charge in [0.1, 0.15) is 10.7 Å². The Labute approximate surface area is 182 Å². The van der Waals surface area contributed by atoms with E-state index in [0.717, 1.165) is 23.1 Å². The van der Waals surface area contributed by atoms with Crippen LogP contribution in [0.4, 0.5) is 10.5 Å². The number of hydrogen-bond acceptors (Lipinski definition) is 7. The van der Waals surface area contributed by atoms with Crippen LogP contribution in [0.2, 0.25) is 0 Å². The van der Waals surface area contributed by atoms with Gasteiger partial charge >= 0.3 is 0 Å². The topological polar surface area (TPSA) is 98.8 Å². The van der Waals surface area contributed by atoms with Gasteiger partial charge < -0.3 is 20.0 Å². The van der Waals surface area contributed by atoms with E-state index in [2.05, 4.69) is 5.32 Å². The van der Waals surface area contributed by atoms with Crippen LogP contribution < -0.4 is 15.2 Å². The average molecular weight is 442 g/mol. The Hall–Kier alpha value is -3.17. The zero-order valence-electron chi connectivity index (χ0n) is 15.9. The summed E-state index contributed by atoms with van der Waals surface area (Å²) >= 11 is 6.43. The van der Waals surface area contributed by atoms with Crippen LogP contribution in [0, 0.1) is 0 Å². The van der Waals surface area contributed by atoms with Crippen molar-refractivity contribution in [2.45, 2.75) is 6.42 Å².